The first-order valence-corrected chi connectivity index (χ1v) is 12.1. The zero-order chi connectivity index (χ0) is 21.4. The summed E-state index contributed by atoms with van der Waals surface area (Å²) in [6.45, 7) is 5.63. The number of ether oxygens (including phenoxy) is 1. The molecule has 3 aliphatic carbocycles. The maximum absolute atomic E-state index is 13.1. The van der Waals surface area contributed by atoms with Crippen molar-refractivity contribution in [3.63, 3.8) is 0 Å². The quantitative estimate of drug-likeness (QED) is 0.768. The van der Waals surface area contributed by atoms with Crippen LogP contribution in [-0.2, 0) is 16.1 Å². The Kier molecular flexibility index (Phi) is 6.41. The fraction of sp³-hybridized carbons (Fsp3) is 0.840. The third-order valence-corrected chi connectivity index (χ3v) is 9.00. The first-order valence-electron chi connectivity index (χ1n) is 12.1. The van der Waals surface area contributed by atoms with Gasteiger partial charge in [-0.1, -0.05) is 6.92 Å². The first kappa shape index (κ1) is 22.0. The number of carbonyl (C=O) groups is 1. The molecule has 30 heavy (non-hydrogen) atoms. The van der Waals surface area contributed by atoms with E-state index in [-0.39, 0.29) is 11.3 Å². The van der Waals surface area contributed by atoms with Gasteiger partial charge in [0.05, 0.1) is 18.8 Å². The van der Waals surface area contributed by atoms with Crippen LogP contribution in [0.15, 0.2) is 18.5 Å². The molecule has 0 radical (unpaired) electrons. The lowest BCUT2D eigenvalue weighted by atomic mass is 9.47. The molecule has 0 bridgehead atoms. The molecule has 4 rings (SSSR count). The van der Waals surface area contributed by atoms with Gasteiger partial charge in [0.15, 0.2) is 5.78 Å². The van der Waals surface area contributed by atoms with Crippen LogP contribution in [0.3, 0.4) is 0 Å². The van der Waals surface area contributed by atoms with Gasteiger partial charge in [-0.25, -0.2) is 0 Å². The van der Waals surface area contributed by atoms with Crippen LogP contribution in [0.5, 0.6) is 0 Å². The highest BCUT2D eigenvalue weighted by Crippen LogP contribution is 2.61. The number of hydrogen-bond donors (Lipinski definition) is 1. The molecule has 5 nitrogen and oxygen atoms in total. The lowest BCUT2D eigenvalue weighted by molar-refractivity contribution is -0.155. The summed E-state index contributed by atoms with van der Waals surface area (Å²) in [6, 6.07) is 1.88. The fourth-order valence-electron chi connectivity index (χ4n) is 7.40. The van der Waals surface area contributed by atoms with Crippen LogP contribution in [0, 0.1) is 35.0 Å². The molecule has 3 aliphatic rings. The maximum atomic E-state index is 13.1. The molecular formula is C25H40N2O3. The minimum absolute atomic E-state index is 0.143. The van der Waals surface area contributed by atoms with Gasteiger partial charge in [0.1, 0.15) is 0 Å². The predicted octanol–water partition coefficient (Wildman–Crippen LogP) is 4.49. The highest BCUT2D eigenvalue weighted by molar-refractivity contribution is 5.80. The van der Waals surface area contributed by atoms with Gasteiger partial charge < -0.3 is 9.84 Å². The number of ketones is 1. The van der Waals surface area contributed by atoms with Crippen molar-refractivity contribution in [3.8, 4) is 0 Å². The predicted molar refractivity (Wildman–Crippen MR) is 117 cm³/mol. The van der Waals surface area contributed by atoms with E-state index >= 15 is 0 Å². The Hall–Kier alpha value is -1.20. The summed E-state index contributed by atoms with van der Waals surface area (Å²) >= 11 is 0. The molecule has 1 aromatic heterocycles. The number of aromatic nitrogens is 2. The number of carbonyl (C=O) groups excluding carboxylic acids is 1. The van der Waals surface area contributed by atoms with Gasteiger partial charge in [-0.3, -0.25) is 9.48 Å². The van der Waals surface area contributed by atoms with Crippen molar-refractivity contribution in [1.29, 1.82) is 0 Å². The average molecular weight is 417 g/mol. The molecule has 5 heteroatoms. The third-order valence-electron chi connectivity index (χ3n) is 9.00. The molecule has 3 fully saturated rings. The van der Waals surface area contributed by atoms with Crippen LogP contribution >= 0.6 is 0 Å². The first-order chi connectivity index (χ1) is 14.3. The number of fused-ring (bicyclic) bond motifs is 3. The second kappa shape index (κ2) is 8.74. The van der Waals surface area contributed by atoms with Crippen molar-refractivity contribution in [3.05, 3.63) is 18.5 Å². The average Bonchev–Trinajstić information content (AvgIpc) is 3.19. The monoisotopic (exact) mass is 416 g/mol. The van der Waals surface area contributed by atoms with E-state index in [0.29, 0.717) is 30.1 Å². The van der Waals surface area contributed by atoms with Gasteiger partial charge in [0.2, 0.25) is 0 Å². The zero-order valence-corrected chi connectivity index (χ0v) is 19.1. The normalized spacial score (nSPS) is 41.9. The van der Waals surface area contributed by atoms with Crippen LogP contribution in [0.4, 0.5) is 0 Å². The molecule has 1 aromatic rings. The molecule has 168 valence electrons. The molecule has 7 atom stereocenters. The van der Waals surface area contributed by atoms with E-state index in [2.05, 4.69) is 12.0 Å². The van der Waals surface area contributed by atoms with Gasteiger partial charge in [0.25, 0.3) is 0 Å². The second-order valence-corrected chi connectivity index (χ2v) is 10.9. The number of nitrogens with zero attached hydrogens (tertiary/aromatic N) is 2. The lowest BCUT2D eigenvalue weighted by Crippen LogP contribution is -2.55. The summed E-state index contributed by atoms with van der Waals surface area (Å²) < 4.78 is 7.61. The zero-order valence-electron chi connectivity index (χ0n) is 19.1. The van der Waals surface area contributed by atoms with E-state index < -0.39 is 5.60 Å². The summed E-state index contributed by atoms with van der Waals surface area (Å²) in [5.41, 5.74) is -0.370. The third kappa shape index (κ3) is 4.25. The van der Waals surface area contributed by atoms with Gasteiger partial charge in [-0.05, 0) is 99.9 Å². The van der Waals surface area contributed by atoms with Gasteiger partial charge in [0, 0.05) is 25.4 Å². The topological polar surface area (TPSA) is 64.3 Å². The standard InChI is InChI=1S/C25H40N2O3/c1-18-5-6-19(23(28)16-27-14-4-13-26-27)7-10-22-21(18)9-8-20-15-24(2,29)11-12-25(20,22)17-30-3/h4,13-14,18-22,29H,5-12,15-17H2,1-3H3/t18-,19-,20-,21-,22?,24+,25+/m0/s1. The fourth-order valence-corrected chi connectivity index (χ4v) is 7.40. The minimum atomic E-state index is -0.537. The van der Waals surface area contributed by atoms with E-state index in [4.69, 9.17) is 4.74 Å². The van der Waals surface area contributed by atoms with Crippen LogP contribution in [0.1, 0.15) is 71.6 Å². The summed E-state index contributed by atoms with van der Waals surface area (Å²) in [5, 5.41) is 15.0. The Morgan fingerprint density at radius 1 is 1.20 bits per heavy atom. The van der Waals surface area contributed by atoms with Gasteiger partial charge in [-0.2, -0.15) is 5.10 Å². The minimum Gasteiger partial charge on any atom is -0.390 e. The van der Waals surface area contributed by atoms with Crippen LogP contribution < -0.4 is 0 Å². The molecule has 3 saturated carbocycles. The molecule has 0 aliphatic heterocycles. The molecule has 0 spiro atoms. The Balaban J connectivity index is 1.54. The van der Waals surface area contributed by atoms with Crippen molar-refractivity contribution in [2.24, 2.45) is 35.0 Å². The Bertz CT molecular complexity index is 716. The number of Topliss-reactive ketones (excluding diaryl/α,β-unsaturated/α-hetero) is 1. The maximum Gasteiger partial charge on any atom is 0.157 e. The number of hydrogen-bond acceptors (Lipinski definition) is 4. The largest absolute Gasteiger partial charge is 0.390 e. The Labute approximate surface area is 181 Å². The highest BCUT2D eigenvalue weighted by Gasteiger charge is 2.56. The van der Waals surface area contributed by atoms with Crippen molar-refractivity contribution < 1.29 is 14.6 Å². The molecule has 0 amide bonds. The molecule has 0 saturated heterocycles. The molecular weight excluding hydrogens is 376 g/mol. The Morgan fingerprint density at radius 2 is 2.00 bits per heavy atom. The number of aliphatic hydroxyl groups is 1. The van der Waals surface area contributed by atoms with E-state index in [9.17, 15) is 9.90 Å². The summed E-state index contributed by atoms with van der Waals surface area (Å²) in [7, 11) is 1.84. The van der Waals surface area contributed by atoms with Crippen molar-refractivity contribution in [1.82, 2.24) is 9.78 Å². The lowest BCUT2D eigenvalue weighted by Gasteiger charge is -2.59. The highest BCUT2D eigenvalue weighted by atomic mass is 16.5. The van der Waals surface area contributed by atoms with Gasteiger partial charge in [-0.15, -0.1) is 0 Å². The van der Waals surface area contributed by atoms with E-state index in [1.165, 1.54) is 12.8 Å². The SMILES string of the molecule is COC[C@]12CC[C@@](C)(O)C[C@@H]1CC[C@@H]1C2CC[C@@H](C(=O)Cn2cccn2)CC[C@@H]1C. The van der Waals surface area contributed by atoms with Crippen LogP contribution in [-0.4, -0.2) is 40.0 Å². The van der Waals surface area contributed by atoms with E-state index in [0.717, 1.165) is 57.5 Å². The summed E-state index contributed by atoms with van der Waals surface area (Å²) in [5.74, 6) is 2.98. The summed E-state index contributed by atoms with van der Waals surface area (Å²) in [4.78, 5) is 13.1. The Morgan fingerprint density at radius 3 is 2.73 bits per heavy atom. The number of methoxy groups -OCH3 is 1. The molecule has 1 heterocycles. The van der Waals surface area contributed by atoms with Crippen LogP contribution in [0.25, 0.3) is 0 Å². The summed E-state index contributed by atoms with van der Waals surface area (Å²) in [6.07, 6.45) is 13.2. The smallest absolute Gasteiger partial charge is 0.157 e. The van der Waals surface area contributed by atoms with Crippen LogP contribution in [0.2, 0.25) is 0 Å². The van der Waals surface area contributed by atoms with Crippen molar-refractivity contribution >= 4 is 5.78 Å². The molecule has 0 aromatic carbocycles. The van der Waals surface area contributed by atoms with E-state index in [1.807, 2.05) is 26.3 Å². The molecule has 1 N–H and O–H groups in total. The molecule has 1 unspecified atom stereocenters. The van der Waals surface area contributed by atoms with Gasteiger partial charge >= 0.3 is 0 Å². The van der Waals surface area contributed by atoms with E-state index in [1.54, 1.807) is 10.9 Å². The van der Waals surface area contributed by atoms with Crippen molar-refractivity contribution in [2.45, 2.75) is 83.8 Å². The second-order valence-electron chi connectivity index (χ2n) is 10.9. The number of rotatable bonds is 5. The van der Waals surface area contributed by atoms with Crippen molar-refractivity contribution in [2.75, 3.05) is 13.7 Å².